The van der Waals surface area contributed by atoms with Gasteiger partial charge in [-0.25, -0.2) is 0 Å². The third kappa shape index (κ3) is 3.32. The van der Waals surface area contributed by atoms with E-state index in [9.17, 15) is 9.59 Å². The van der Waals surface area contributed by atoms with Gasteiger partial charge in [0.2, 0.25) is 0 Å². The van der Waals surface area contributed by atoms with Gasteiger partial charge in [-0.1, -0.05) is 6.07 Å². The SMILES string of the molecule is O=C(C1=CCCCO1)N1CCCN(C(=O)c2cccs2)CC1. The summed E-state index contributed by atoms with van der Waals surface area (Å²) in [6.45, 7) is 3.13. The second kappa shape index (κ2) is 6.96. The van der Waals surface area contributed by atoms with Gasteiger partial charge in [0.1, 0.15) is 0 Å². The number of thiophene rings is 1. The molecular formula is C16H20N2O3S. The van der Waals surface area contributed by atoms with E-state index in [1.54, 1.807) is 4.90 Å². The highest BCUT2D eigenvalue weighted by Crippen LogP contribution is 2.17. The molecule has 0 atom stereocenters. The highest BCUT2D eigenvalue weighted by Gasteiger charge is 2.26. The third-order valence-corrected chi connectivity index (χ3v) is 4.81. The molecule has 1 saturated heterocycles. The molecule has 5 nitrogen and oxygen atoms in total. The van der Waals surface area contributed by atoms with Crippen LogP contribution in [0.5, 0.6) is 0 Å². The lowest BCUT2D eigenvalue weighted by Gasteiger charge is -2.24. The van der Waals surface area contributed by atoms with E-state index in [1.807, 2.05) is 28.5 Å². The monoisotopic (exact) mass is 320 g/mol. The molecule has 0 unspecified atom stereocenters. The number of hydrogen-bond acceptors (Lipinski definition) is 4. The van der Waals surface area contributed by atoms with Crippen molar-refractivity contribution in [2.45, 2.75) is 19.3 Å². The zero-order valence-corrected chi connectivity index (χ0v) is 13.3. The molecule has 1 aromatic rings. The largest absolute Gasteiger partial charge is 0.488 e. The molecular weight excluding hydrogens is 300 g/mol. The van der Waals surface area contributed by atoms with Gasteiger partial charge in [0.15, 0.2) is 5.76 Å². The minimum atomic E-state index is -0.0369. The highest BCUT2D eigenvalue weighted by molar-refractivity contribution is 7.12. The van der Waals surface area contributed by atoms with Gasteiger partial charge in [-0.2, -0.15) is 0 Å². The summed E-state index contributed by atoms with van der Waals surface area (Å²) in [7, 11) is 0. The van der Waals surface area contributed by atoms with Crippen molar-refractivity contribution in [3.63, 3.8) is 0 Å². The molecule has 6 heteroatoms. The van der Waals surface area contributed by atoms with Crippen LogP contribution in [0.25, 0.3) is 0 Å². The van der Waals surface area contributed by atoms with Gasteiger partial charge in [-0.15, -0.1) is 11.3 Å². The second-order valence-electron chi connectivity index (χ2n) is 5.47. The summed E-state index contributed by atoms with van der Waals surface area (Å²) in [6, 6.07) is 3.74. The number of ether oxygens (including phenoxy) is 1. The van der Waals surface area contributed by atoms with Gasteiger partial charge in [0.25, 0.3) is 11.8 Å². The van der Waals surface area contributed by atoms with Crippen molar-refractivity contribution >= 4 is 23.2 Å². The molecule has 1 fully saturated rings. The molecule has 0 N–H and O–H groups in total. The van der Waals surface area contributed by atoms with Gasteiger partial charge >= 0.3 is 0 Å². The Morgan fingerprint density at radius 1 is 1.05 bits per heavy atom. The number of nitrogens with zero attached hydrogens (tertiary/aromatic N) is 2. The summed E-state index contributed by atoms with van der Waals surface area (Å²) in [6.07, 6.45) is 4.55. The molecule has 0 saturated carbocycles. The predicted octanol–water partition coefficient (Wildman–Crippen LogP) is 2.12. The maximum Gasteiger partial charge on any atom is 0.288 e. The van der Waals surface area contributed by atoms with Gasteiger partial charge in [0, 0.05) is 26.2 Å². The first-order valence-electron chi connectivity index (χ1n) is 7.71. The first-order chi connectivity index (χ1) is 10.8. The fourth-order valence-corrected chi connectivity index (χ4v) is 3.43. The molecule has 2 amide bonds. The fourth-order valence-electron chi connectivity index (χ4n) is 2.74. The van der Waals surface area contributed by atoms with Crippen molar-refractivity contribution in [3.05, 3.63) is 34.2 Å². The van der Waals surface area contributed by atoms with Crippen molar-refractivity contribution in [1.29, 1.82) is 0 Å². The van der Waals surface area contributed by atoms with Crippen LogP contribution in [0.1, 0.15) is 28.9 Å². The number of amides is 2. The summed E-state index contributed by atoms with van der Waals surface area (Å²) >= 11 is 1.46. The van der Waals surface area contributed by atoms with Crippen molar-refractivity contribution in [2.75, 3.05) is 32.8 Å². The predicted molar refractivity (Wildman–Crippen MR) is 84.7 cm³/mol. The van der Waals surface area contributed by atoms with Crippen LogP contribution < -0.4 is 0 Å². The molecule has 0 aliphatic carbocycles. The Bertz CT molecular complexity index is 568. The van der Waals surface area contributed by atoms with Crippen LogP contribution in [-0.2, 0) is 9.53 Å². The average molecular weight is 320 g/mol. The summed E-state index contributed by atoms with van der Waals surface area (Å²) < 4.78 is 5.46. The van der Waals surface area contributed by atoms with Crippen LogP contribution in [0.2, 0.25) is 0 Å². The number of rotatable bonds is 2. The van der Waals surface area contributed by atoms with E-state index in [1.165, 1.54) is 11.3 Å². The lowest BCUT2D eigenvalue weighted by Crippen LogP contribution is -2.38. The van der Waals surface area contributed by atoms with Crippen LogP contribution in [0.15, 0.2) is 29.3 Å². The van der Waals surface area contributed by atoms with Crippen LogP contribution in [0.4, 0.5) is 0 Å². The zero-order valence-electron chi connectivity index (χ0n) is 12.5. The Labute approximate surface area is 134 Å². The number of carbonyl (C=O) groups excluding carboxylic acids is 2. The minimum Gasteiger partial charge on any atom is -0.488 e. The molecule has 0 aromatic carbocycles. The fraction of sp³-hybridized carbons (Fsp3) is 0.500. The number of hydrogen-bond donors (Lipinski definition) is 0. The standard InChI is InChI=1S/C16H20N2O3S/c19-15(13-5-1-2-11-21-13)17-7-4-8-18(10-9-17)16(20)14-6-3-12-22-14/h3,5-6,12H,1-2,4,7-11H2. The molecule has 0 bridgehead atoms. The average Bonchev–Trinajstić information content (AvgIpc) is 2.99. The Balaban J connectivity index is 1.61. The van der Waals surface area contributed by atoms with Crippen LogP contribution in [0.3, 0.4) is 0 Å². The van der Waals surface area contributed by atoms with Gasteiger partial charge in [0.05, 0.1) is 11.5 Å². The smallest absolute Gasteiger partial charge is 0.288 e. The summed E-state index contributed by atoms with van der Waals surface area (Å²) in [5.74, 6) is 0.506. The number of carbonyl (C=O) groups is 2. The molecule has 3 rings (SSSR count). The van der Waals surface area contributed by atoms with Crippen molar-refractivity contribution in [2.24, 2.45) is 0 Å². The van der Waals surface area contributed by atoms with E-state index >= 15 is 0 Å². The minimum absolute atomic E-state index is 0.0369. The maximum absolute atomic E-state index is 12.4. The number of allylic oxidation sites excluding steroid dienone is 1. The first kappa shape index (κ1) is 15.1. The van der Waals surface area contributed by atoms with Gasteiger partial charge < -0.3 is 14.5 Å². The highest BCUT2D eigenvalue weighted by atomic mass is 32.1. The molecule has 0 spiro atoms. The van der Waals surface area contributed by atoms with E-state index < -0.39 is 0 Å². The Kier molecular flexibility index (Phi) is 4.77. The Hall–Kier alpha value is -1.82. The second-order valence-corrected chi connectivity index (χ2v) is 6.42. The molecule has 0 radical (unpaired) electrons. The Morgan fingerprint density at radius 2 is 1.82 bits per heavy atom. The molecule has 2 aliphatic heterocycles. The topological polar surface area (TPSA) is 49.9 Å². The van der Waals surface area contributed by atoms with E-state index in [-0.39, 0.29) is 11.8 Å². The summed E-state index contributed by atoms with van der Waals surface area (Å²) in [4.78, 5) is 29.2. The normalized spacial score (nSPS) is 19.2. The Morgan fingerprint density at radius 3 is 2.45 bits per heavy atom. The lowest BCUT2D eigenvalue weighted by atomic mass is 10.2. The quantitative estimate of drug-likeness (QED) is 0.839. The zero-order chi connectivity index (χ0) is 15.4. The maximum atomic E-state index is 12.4. The first-order valence-corrected chi connectivity index (χ1v) is 8.58. The third-order valence-electron chi connectivity index (χ3n) is 3.95. The van der Waals surface area contributed by atoms with E-state index in [0.717, 1.165) is 24.1 Å². The van der Waals surface area contributed by atoms with Crippen molar-refractivity contribution in [3.8, 4) is 0 Å². The lowest BCUT2D eigenvalue weighted by molar-refractivity contribution is -0.131. The molecule has 118 valence electrons. The van der Waals surface area contributed by atoms with Gasteiger partial charge in [-0.05, 0) is 36.8 Å². The molecule has 3 heterocycles. The van der Waals surface area contributed by atoms with Crippen molar-refractivity contribution < 1.29 is 14.3 Å². The molecule has 2 aliphatic rings. The molecule has 22 heavy (non-hydrogen) atoms. The van der Waals surface area contributed by atoms with E-state index in [4.69, 9.17) is 4.74 Å². The van der Waals surface area contributed by atoms with E-state index in [2.05, 4.69) is 0 Å². The van der Waals surface area contributed by atoms with Gasteiger partial charge in [-0.3, -0.25) is 9.59 Å². The van der Waals surface area contributed by atoms with Crippen molar-refractivity contribution in [1.82, 2.24) is 9.80 Å². The summed E-state index contributed by atoms with van der Waals surface area (Å²) in [5, 5.41) is 1.91. The van der Waals surface area contributed by atoms with Crippen LogP contribution in [0, 0.1) is 0 Å². The van der Waals surface area contributed by atoms with Crippen LogP contribution >= 0.6 is 11.3 Å². The summed E-state index contributed by atoms with van der Waals surface area (Å²) in [5.41, 5.74) is 0. The van der Waals surface area contributed by atoms with Crippen LogP contribution in [-0.4, -0.2) is 54.4 Å². The van der Waals surface area contributed by atoms with E-state index in [0.29, 0.717) is 38.5 Å². The molecule has 1 aromatic heterocycles.